The molecule has 0 N–H and O–H groups in total. The summed E-state index contributed by atoms with van der Waals surface area (Å²) in [6, 6.07) is 9.70. The quantitative estimate of drug-likeness (QED) is 0.653. The number of carbonyl (C=O) groups is 1. The van der Waals surface area contributed by atoms with Gasteiger partial charge in [-0.3, -0.25) is 0 Å². The molecule has 0 aromatic heterocycles. The van der Waals surface area contributed by atoms with Gasteiger partial charge in [-0.25, -0.2) is 4.79 Å². The van der Waals surface area contributed by atoms with Crippen LogP contribution in [0.2, 0.25) is 0 Å². The van der Waals surface area contributed by atoms with Crippen molar-refractivity contribution in [1.82, 2.24) is 0 Å². The third-order valence-corrected chi connectivity index (χ3v) is 8.62. The second kappa shape index (κ2) is 4.72. The number of carbonyl (C=O) groups excluding carboxylic acids is 1. The summed E-state index contributed by atoms with van der Waals surface area (Å²) in [6.07, 6.45) is 0. The Morgan fingerprint density at radius 1 is 0.947 bits per heavy atom. The van der Waals surface area contributed by atoms with E-state index in [1.807, 2.05) is 30.3 Å². The van der Waals surface area contributed by atoms with Gasteiger partial charge in [0.25, 0.3) is 0 Å². The van der Waals surface area contributed by atoms with Gasteiger partial charge in [0.2, 0.25) is 0 Å². The van der Waals surface area contributed by atoms with E-state index in [1.54, 1.807) is 0 Å². The van der Waals surface area contributed by atoms with Gasteiger partial charge in [-0.05, 0) is 57.9 Å². The second-order valence-electron chi connectivity index (χ2n) is 6.24. The highest BCUT2D eigenvalue weighted by Crippen LogP contribution is 2.76. The van der Waals surface area contributed by atoms with Crippen LogP contribution >= 0.6 is 7.26 Å². The second-order valence-corrected chi connectivity index (χ2v) is 10.1. The van der Waals surface area contributed by atoms with E-state index in [4.69, 9.17) is 0 Å². The van der Waals surface area contributed by atoms with Crippen LogP contribution in [0.1, 0.15) is 45.0 Å². The lowest BCUT2D eigenvalue weighted by Gasteiger charge is -2.29. The molecule has 19 heavy (non-hydrogen) atoms. The molecule has 1 heterocycles. The number of benzene rings is 1. The first-order valence-corrected chi connectivity index (χ1v) is 8.58. The largest absolute Gasteiger partial charge is 0.307 e. The molecule has 0 amide bonds. The van der Waals surface area contributed by atoms with Gasteiger partial charge in [-0.2, -0.15) is 0 Å². The molecule has 0 atom stereocenters. The Kier molecular flexibility index (Phi) is 3.53. The zero-order valence-electron chi connectivity index (χ0n) is 12.4. The maximum Gasteiger partial charge on any atom is 0.307 e. The normalized spacial score (nSPS) is 17.9. The zero-order valence-corrected chi connectivity index (χ0v) is 13.3. The van der Waals surface area contributed by atoms with Crippen LogP contribution in [-0.4, -0.2) is 10.7 Å². The molecule has 0 bridgehead atoms. The summed E-state index contributed by atoms with van der Waals surface area (Å²) in [5, 5.41) is -0.0288. The molecule has 1 aromatic carbocycles. The monoisotopic (exact) mass is 273 g/mol. The van der Waals surface area contributed by atoms with Crippen LogP contribution in [0.4, 0.5) is 0 Å². The molecule has 1 aliphatic rings. The molecule has 1 aliphatic heterocycles. The zero-order chi connectivity index (χ0) is 14.3. The van der Waals surface area contributed by atoms with Crippen LogP contribution in [0.5, 0.6) is 0 Å². The summed E-state index contributed by atoms with van der Waals surface area (Å²) in [5.41, 5.74) is 3.65. The van der Waals surface area contributed by atoms with E-state index in [0.29, 0.717) is 5.52 Å². The Balaban J connectivity index is 2.58. The highest BCUT2D eigenvalue weighted by atomic mass is 31.2. The standard InChI is InChI=1S/C17H22OP/c1-13-11-19(12-14(13)2,17(3,4)5)16(18)15-9-7-6-8-10-15/h6-12H,1-5H3/q+1. The minimum Gasteiger partial charge on any atom is -0.246 e. The van der Waals surface area contributed by atoms with Crippen molar-refractivity contribution in [1.29, 1.82) is 0 Å². The highest BCUT2D eigenvalue weighted by Gasteiger charge is 2.56. The Morgan fingerprint density at radius 2 is 1.42 bits per heavy atom. The molecule has 0 saturated heterocycles. The van der Waals surface area contributed by atoms with Crippen molar-refractivity contribution in [3.05, 3.63) is 58.7 Å². The molecule has 2 heteroatoms. The minimum atomic E-state index is -1.92. The molecule has 0 radical (unpaired) electrons. The summed E-state index contributed by atoms with van der Waals surface area (Å²) in [6.45, 7) is 10.8. The number of rotatable bonds is 2. The number of hydrogen-bond acceptors (Lipinski definition) is 1. The minimum absolute atomic E-state index is 0.0288. The van der Waals surface area contributed by atoms with E-state index in [9.17, 15) is 4.79 Å². The van der Waals surface area contributed by atoms with E-state index in [2.05, 4.69) is 46.3 Å². The van der Waals surface area contributed by atoms with Gasteiger partial charge in [0.15, 0.2) is 0 Å². The lowest BCUT2D eigenvalue weighted by atomic mass is 10.2. The Morgan fingerprint density at radius 3 is 1.84 bits per heavy atom. The molecule has 2 rings (SSSR count). The highest BCUT2D eigenvalue weighted by molar-refractivity contribution is 7.97. The molecule has 1 nitrogen and oxygen atoms in total. The first-order chi connectivity index (χ1) is 8.78. The van der Waals surface area contributed by atoms with E-state index < -0.39 is 7.26 Å². The molecule has 1 aromatic rings. The van der Waals surface area contributed by atoms with Crippen LogP contribution < -0.4 is 0 Å². The summed E-state index contributed by atoms with van der Waals surface area (Å²) >= 11 is 0. The Hall–Kier alpha value is -1.20. The van der Waals surface area contributed by atoms with Crippen LogP contribution in [0.15, 0.2) is 53.1 Å². The fourth-order valence-electron chi connectivity index (χ4n) is 2.46. The van der Waals surface area contributed by atoms with Crippen molar-refractivity contribution in [2.24, 2.45) is 0 Å². The first-order valence-electron chi connectivity index (χ1n) is 6.66. The van der Waals surface area contributed by atoms with Crippen molar-refractivity contribution < 1.29 is 4.79 Å². The molecule has 0 unspecified atom stereocenters. The topological polar surface area (TPSA) is 17.1 Å². The fraction of sp³-hybridized carbons (Fsp3) is 0.353. The predicted molar refractivity (Wildman–Crippen MR) is 85.0 cm³/mol. The number of allylic oxidation sites excluding steroid dienone is 2. The summed E-state index contributed by atoms with van der Waals surface area (Å²) in [7, 11) is -1.92. The Labute approximate surface area is 116 Å². The summed E-state index contributed by atoms with van der Waals surface area (Å²) in [5.74, 6) is 4.50. The summed E-state index contributed by atoms with van der Waals surface area (Å²) in [4.78, 5) is 13.1. The van der Waals surface area contributed by atoms with Gasteiger partial charge in [0, 0.05) is 0 Å². The van der Waals surface area contributed by atoms with Gasteiger partial charge < -0.3 is 0 Å². The van der Waals surface area contributed by atoms with Gasteiger partial charge in [-0.1, -0.05) is 18.2 Å². The fourth-order valence-corrected chi connectivity index (χ4v) is 6.35. The lowest BCUT2D eigenvalue weighted by Crippen LogP contribution is -2.23. The van der Waals surface area contributed by atoms with Gasteiger partial charge in [-0.15, -0.1) is 0 Å². The predicted octanol–water partition coefficient (Wildman–Crippen LogP) is 5.46. The molecule has 0 aliphatic carbocycles. The average Bonchev–Trinajstić information content (AvgIpc) is 2.66. The molecule has 0 fully saturated rings. The molecule has 0 saturated carbocycles. The average molecular weight is 273 g/mol. The van der Waals surface area contributed by atoms with Crippen molar-refractivity contribution in [2.45, 2.75) is 39.8 Å². The molecule has 0 spiro atoms. The SMILES string of the molecule is CC1=C[P+](C(=O)c2ccccc2)(C(C)(C)C)C=C1C. The maximum atomic E-state index is 13.1. The van der Waals surface area contributed by atoms with Gasteiger partial charge in [0.1, 0.15) is 7.26 Å². The van der Waals surface area contributed by atoms with E-state index in [0.717, 1.165) is 5.56 Å². The first kappa shape index (κ1) is 14.2. The van der Waals surface area contributed by atoms with Crippen molar-refractivity contribution in [2.75, 3.05) is 0 Å². The number of hydrogen-bond donors (Lipinski definition) is 0. The Bertz CT molecular complexity index is 541. The third-order valence-electron chi connectivity index (χ3n) is 3.88. The van der Waals surface area contributed by atoms with Crippen LogP contribution in [0, 0.1) is 0 Å². The third kappa shape index (κ3) is 2.32. The van der Waals surface area contributed by atoms with Crippen LogP contribution in [0.3, 0.4) is 0 Å². The lowest BCUT2D eigenvalue weighted by molar-refractivity contribution is 0.107. The van der Waals surface area contributed by atoms with Crippen molar-refractivity contribution >= 4 is 12.8 Å². The molecular formula is C17H22OP+. The van der Waals surface area contributed by atoms with Crippen LogP contribution in [0.25, 0.3) is 0 Å². The molecule has 100 valence electrons. The van der Waals surface area contributed by atoms with E-state index >= 15 is 0 Å². The maximum absolute atomic E-state index is 13.1. The smallest absolute Gasteiger partial charge is 0.246 e. The molecular weight excluding hydrogens is 251 g/mol. The summed E-state index contributed by atoms with van der Waals surface area (Å²) < 4.78 is 0. The van der Waals surface area contributed by atoms with Crippen LogP contribution in [-0.2, 0) is 0 Å². The van der Waals surface area contributed by atoms with Gasteiger partial charge in [0.05, 0.1) is 22.4 Å². The van der Waals surface area contributed by atoms with E-state index in [1.165, 1.54) is 11.1 Å². The van der Waals surface area contributed by atoms with E-state index in [-0.39, 0.29) is 5.16 Å². The van der Waals surface area contributed by atoms with Gasteiger partial charge >= 0.3 is 5.52 Å². The van der Waals surface area contributed by atoms with Crippen molar-refractivity contribution in [3.8, 4) is 0 Å². The van der Waals surface area contributed by atoms with Crippen molar-refractivity contribution in [3.63, 3.8) is 0 Å².